The van der Waals surface area contributed by atoms with Gasteiger partial charge < -0.3 is 10.4 Å². The van der Waals surface area contributed by atoms with E-state index in [4.69, 9.17) is 5.11 Å². The van der Waals surface area contributed by atoms with Gasteiger partial charge in [0, 0.05) is 12.1 Å². The summed E-state index contributed by atoms with van der Waals surface area (Å²) in [6.07, 6.45) is 7.97. The zero-order valence-electron chi connectivity index (χ0n) is 9.63. The summed E-state index contributed by atoms with van der Waals surface area (Å²) >= 11 is 0. The standard InChI is InChI=1S/C12H25NO/c1-3-12(9-14)13-10(2)11-7-5-4-6-8-11/h10-14H,3-9H2,1-2H3. The molecule has 0 radical (unpaired) electrons. The van der Waals surface area contributed by atoms with E-state index in [1.165, 1.54) is 32.1 Å². The van der Waals surface area contributed by atoms with Crippen molar-refractivity contribution >= 4 is 0 Å². The lowest BCUT2D eigenvalue weighted by atomic mass is 9.84. The van der Waals surface area contributed by atoms with Gasteiger partial charge in [-0.25, -0.2) is 0 Å². The minimum atomic E-state index is 0.271. The van der Waals surface area contributed by atoms with Crippen molar-refractivity contribution in [3.05, 3.63) is 0 Å². The third kappa shape index (κ3) is 3.58. The third-order valence-corrected chi connectivity index (χ3v) is 3.57. The molecule has 1 rings (SSSR count). The Hall–Kier alpha value is -0.0800. The van der Waals surface area contributed by atoms with Crippen molar-refractivity contribution in [1.82, 2.24) is 5.32 Å². The fraction of sp³-hybridized carbons (Fsp3) is 1.00. The van der Waals surface area contributed by atoms with Crippen LogP contribution in [0.2, 0.25) is 0 Å². The number of rotatable bonds is 5. The van der Waals surface area contributed by atoms with Gasteiger partial charge in [-0.05, 0) is 32.1 Å². The summed E-state index contributed by atoms with van der Waals surface area (Å²) in [7, 11) is 0. The molecular weight excluding hydrogens is 174 g/mol. The van der Waals surface area contributed by atoms with Gasteiger partial charge in [0.2, 0.25) is 0 Å². The molecule has 2 unspecified atom stereocenters. The van der Waals surface area contributed by atoms with Gasteiger partial charge in [0.15, 0.2) is 0 Å². The van der Waals surface area contributed by atoms with Crippen LogP contribution in [0.15, 0.2) is 0 Å². The lowest BCUT2D eigenvalue weighted by Crippen LogP contribution is -2.43. The fourth-order valence-corrected chi connectivity index (χ4v) is 2.44. The van der Waals surface area contributed by atoms with Gasteiger partial charge in [0.05, 0.1) is 6.61 Å². The molecular formula is C12H25NO. The monoisotopic (exact) mass is 199 g/mol. The molecule has 2 heteroatoms. The van der Waals surface area contributed by atoms with Gasteiger partial charge in [-0.15, -0.1) is 0 Å². The molecule has 0 bridgehead atoms. The van der Waals surface area contributed by atoms with E-state index in [0.717, 1.165) is 12.3 Å². The van der Waals surface area contributed by atoms with Crippen molar-refractivity contribution in [2.24, 2.45) is 5.92 Å². The Morgan fingerprint density at radius 2 is 1.93 bits per heavy atom. The second-order valence-corrected chi connectivity index (χ2v) is 4.64. The third-order valence-electron chi connectivity index (χ3n) is 3.57. The lowest BCUT2D eigenvalue weighted by Gasteiger charge is -2.31. The van der Waals surface area contributed by atoms with Crippen molar-refractivity contribution in [3.8, 4) is 0 Å². The second kappa shape index (κ2) is 6.41. The average molecular weight is 199 g/mol. The van der Waals surface area contributed by atoms with Crippen LogP contribution in [0.3, 0.4) is 0 Å². The minimum Gasteiger partial charge on any atom is -0.395 e. The first kappa shape index (κ1) is 12.0. The molecule has 2 N–H and O–H groups in total. The molecule has 0 aromatic heterocycles. The molecule has 0 spiro atoms. The number of hydrogen-bond donors (Lipinski definition) is 2. The predicted molar refractivity (Wildman–Crippen MR) is 60.3 cm³/mol. The summed E-state index contributed by atoms with van der Waals surface area (Å²) in [6, 6.07) is 0.874. The zero-order valence-corrected chi connectivity index (χ0v) is 9.63. The van der Waals surface area contributed by atoms with E-state index in [1.807, 2.05) is 0 Å². The summed E-state index contributed by atoms with van der Waals surface area (Å²) in [5, 5.41) is 12.6. The quantitative estimate of drug-likeness (QED) is 0.712. The molecule has 1 saturated carbocycles. The Morgan fingerprint density at radius 3 is 2.43 bits per heavy atom. The molecule has 0 aromatic rings. The maximum atomic E-state index is 9.11. The zero-order chi connectivity index (χ0) is 10.4. The molecule has 14 heavy (non-hydrogen) atoms. The summed E-state index contributed by atoms with van der Waals surface area (Å²) in [6.45, 7) is 4.67. The van der Waals surface area contributed by atoms with Gasteiger partial charge in [-0.1, -0.05) is 26.2 Å². The van der Waals surface area contributed by atoms with Crippen molar-refractivity contribution < 1.29 is 5.11 Å². The van der Waals surface area contributed by atoms with Crippen LogP contribution in [-0.4, -0.2) is 23.8 Å². The lowest BCUT2D eigenvalue weighted by molar-refractivity contribution is 0.200. The van der Waals surface area contributed by atoms with Crippen molar-refractivity contribution in [2.45, 2.75) is 64.5 Å². The van der Waals surface area contributed by atoms with E-state index >= 15 is 0 Å². The molecule has 2 nitrogen and oxygen atoms in total. The van der Waals surface area contributed by atoms with Crippen molar-refractivity contribution in [1.29, 1.82) is 0 Å². The van der Waals surface area contributed by atoms with Crippen LogP contribution in [0, 0.1) is 5.92 Å². The molecule has 1 aliphatic rings. The summed E-state index contributed by atoms with van der Waals surface area (Å²) < 4.78 is 0. The van der Waals surface area contributed by atoms with E-state index in [2.05, 4.69) is 19.2 Å². The molecule has 84 valence electrons. The van der Waals surface area contributed by atoms with Crippen molar-refractivity contribution in [3.63, 3.8) is 0 Å². The van der Waals surface area contributed by atoms with E-state index in [-0.39, 0.29) is 6.61 Å². The van der Waals surface area contributed by atoms with E-state index < -0.39 is 0 Å². The van der Waals surface area contributed by atoms with Crippen LogP contribution >= 0.6 is 0 Å². The number of nitrogens with one attached hydrogen (secondary N) is 1. The normalized spacial score (nSPS) is 23.4. The Kier molecular flexibility index (Phi) is 5.49. The van der Waals surface area contributed by atoms with Gasteiger partial charge in [0.25, 0.3) is 0 Å². The highest BCUT2D eigenvalue weighted by Crippen LogP contribution is 2.26. The molecule has 0 aliphatic heterocycles. The topological polar surface area (TPSA) is 32.3 Å². The highest BCUT2D eigenvalue weighted by atomic mass is 16.3. The van der Waals surface area contributed by atoms with Gasteiger partial charge in [-0.3, -0.25) is 0 Å². The van der Waals surface area contributed by atoms with Crippen LogP contribution in [0.4, 0.5) is 0 Å². The first-order chi connectivity index (χ1) is 6.77. The molecule has 0 saturated heterocycles. The minimum absolute atomic E-state index is 0.271. The number of aliphatic hydroxyl groups excluding tert-OH is 1. The largest absolute Gasteiger partial charge is 0.395 e. The Morgan fingerprint density at radius 1 is 1.29 bits per heavy atom. The van der Waals surface area contributed by atoms with E-state index in [1.54, 1.807) is 0 Å². The van der Waals surface area contributed by atoms with Crippen LogP contribution in [0.25, 0.3) is 0 Å². The smallest absolute Gasteiger partial charge is 0.0584 e. The Labute approximate surface area is 88.1 Å². The highest BCUT2D eigenvalue weighted by molar-refractivity contribution is 4.78. The Bertz CT molecular complexity index is 139. The van der Waals surface area contributed by atoms with Gasteiger partial charge in [0.1, 0.15) is 0 Å². The van der Waals surface area contributed by atoms with Crippen LogP contribution < -0.4 is 5.32 Å². The first-order valence-corrected chi connectivity index (χ1v) is 6.14. The Balaban J connectivity index is 2.27. The summed E-state index contributed by atoms with van der Waals surface area (Å²) in [5.41, 5.74) is 0. The maximum absolute atomic E-state index is 9.11. The summed E-state index contributed by atoms with van der Waals surface area (Å²) in [4.78, 5) is 0. The molecule has 2 atom stereocenters. The first-order valence-electron chi connectivity index (χ1n) is 6.14. The SMILES string of the molecule is CCC(CO)NC(C)C1CCCCC1. The van der Waals surface area contributed by atoms with Gasteiger partial charge in [-0.2, -0.15) is 0 Å². The number of hydrogen-bond acceptors (Lipinski definition) is 2. The van der Waals surface area contributed by atoms with Crippen LogP contribution in [0.5, 0.6) is 0 Å². The van der Waals surface area contributed by atoms with Crippen LogP contribution in [-0.2, 0) is 0 Å². The van der Waals surface area contributed by atoms with Crippen LogP contribution in [0.1, 0.15) is 52.4 Å². The van der Waals surface area contributed by atoms with Crippen molar-refractivity contribution in [2.75, 3.05) is 6.61 Å². The van der Waals surface area contributed by atoms with Gasteiger partial charge >= 0.3 is 0 Å². The molecule has 0 heterocycles. The predicted octanol–water partition coefficient (Wildman–Crippen LogP) is 2.32. The number of aliphatic hydroxyl groups is 1. The van der Waals surface area contributed by atoms with E-state index in [9.17, 15) is 0 Å². The average Bonchev–Trinajstić information content (AvgIpc) is 2.26. The van der Waals surface area contributed by atoms with E-state index in [0.29, 0.717) is 12.1 Å². The molecule has 0 amide bonds. The fourth-order valence-electron chi connectivity index (χ4n) is 2.44. The maximum Gasteiger partial charge on any atom is 0.0584 e. The molecule has 1 fully saturated rings. The highest BCUT2D eigenvalue weighted by Gasteiger charge is 2.21. The second-order valence-electron chi connectivity index (χ2n) is 4.64. The molecule has 0 aromatic carbocycles. The molecule has 1 aliphatic carbocycles. The summed E-state index contributed by atoms with van der Waals surface area (Å²) in [5.74, 6) is 0.837.